The highest BCUT2D eigenvalue weighted by Crippen LogP contribution is 2.33. The van der Waals surface area contributed by atoms with Gasteiger partial charge < -0.3 is 10.0 Å². The minimum absolute atomic E-state index is 0.281. The van der Waals surface area contributed by atoms with Crippen LogP contribution in [0.2, 0.25) is 0 Å². The van der Waals surface area contributed by atoms with Gasteiger partial charge in [0, 0.05) is 18.2 Å². The number of hydrogen-bond donors (Lipinski definition) is 1. The van der Waals surface area contributed by atoms with Gasteiger partial charge in [-0.1, -0.05) is 47.5 Å². The number of nitrogens with zero attached hydrogens (tertiary/aromatic N) is 2. The summed E-state index contributed by atoms with van der Waals surface area (Å²) >= 11 is 0. The quantitative estimate of drug-likeness (QED) is 0.889. The summed E-state index contributed by atoms with van der Waals surface area (Å²) in [5, 5.41) is 9.86. The fraction of sp³-hybridized carbons (Fsp3) is 0.381. The first-order valence-electron chi connectivity index (χ1n) is 8.84. The molecule has 0 aromatic heterocycles. The van der Waals surface area contributed by atoms with Crippen LogP contribution < -0.4 is 4.90 Å². The Labute approximate surface area is 149 Å². The maximum absolute atomic E-state index is 12.0. The molecule has 1 amide bonds. The van der Waals surface area contributed by atoms with Crippen molar-refractivity contribution in [3.8, 4) is 11.1 Å². The molecule has 25 heavy (non-hydrogen) atoms. The van der Waals surface area contributed by atoms with Crippen molar-refractivity contribution in [3.63, 3.8) is 0 Å². The van der Waals surface area contributed by atoms with E-state index in [1.165, 1.54) is 16.0 Å². The van der Waals surface area contributed by atoms with E-state index in [1.807, 2.05) is 24.3 Å². The van der Waals surface area contributed by atoms with E-state index < -0.39 is 6.09 Å². The lowest BCUT2D eigenvalue weighted by Crippen LogP contribution is -2.41. The number of likely N-dealkylation sites (tertiary alicyclic amines) is 1. The van der Waals surface area contributed by atoms with Crippen molar-refractivity contribution < 1.29 is 9.90 Å². The molecule has 0 radical (unpaired) electrons. The molecule has 1 fully saturated rings. The van der Waals surface area contributed by atoms with Crippen molar-refractivity contribution in [3.05, 3.63) is 53.6 Å². The van der Waals surface area contributed by atoms with Gasteiger partial charge in [-0.25, -0.2) is 4.79 Å². The van der Waals surface area contributed by atoms with Crippen molar-refractivity contribution in [1.29, 1.82) is 0 Å². The number of amides is 1. The lowest BCUT2D eigenvalue weighted by molar-refractivity contribution is 0.198. The van der Waals surface area contributed by atoms with Crippen molar-refractivity contribution in [1.82, 2.24) is 4.90 Å². The van der Waals surface area contributed by atoms with Gasteiger partial charge in [0.15, 0.2) is 0 Å². The standard InChI is InChI=1S/C21H26N2O2/c1-15-11-16(2)13-17(12-15)19-8-4-5-9-20(19)23(21(24)25)14-18-7-6-10-22(18)3/h4-5,8-9,11-13,18H,6-7,10,14H2,1-3H3,(H,24,25). The molecule has 0 aliphatic carbocycles. The van der Waals surface area contributed by atoms with Crippen LogP contribution in [0.3, 0.4) is 0 Å². The summed E-state index contributed by atoms with van der Waals surface area (Å²) in [6, 6.07) is 14.5. The van der Waals surface area contributed by atoms with Crippen molar-refractivity contribution in [2.45, 2.75) is 32.7 Å². The molecule has 1 N–H and O–H groups in total. The molecule has 1 unspecified atom stereocenters. The van der Waals surface area contributed by atoms with Crippen LogP contribution in [-0.4, -0.2) is 42.3 Å². The molecule has 4 heteroatoms. The van der Waals surface area contributed by atoms with E-state index in [1.54, 1.807) is 0 Å². The Balaban J connectivity index is 2.01. The van der Waals surface area contributed by atoms with Crippen molar-refractivity contribution >= 4 is 11.8 Å². The molecule has 0 saturated carbocycles. The maximum Gasteiger partial charge on any atom is 0.411 e. The molecule has 2 aromatic carbocycles. The van der Waals surface area contributed by atoms with Crippen LogP contribution >= 0.6 is 0 Å². The van der Waals surface area contributed by atoms with E-state index in [0.29, 0.717) is 6.54 Å². The van der Waals surface area contributed by atoms with Crippen LogP contribution in [0, 0.1) is 13.8 Å². The number of aryl methyl sites for hydroxylation is 2. The molecule has 132 valence electrons. The van der Waals surface area contributed by atoms with Gasteiger partial charge in [-0.3, -0.25) is 4.90 Å². The third-order valence-corrected chi connectivity index (χ3v) is 5.02. The van der Waals surface area contributed by atoms with Crippen LogP contribution in [0.15, 0.2) is 42.5 Å². The normalized spacial score (nSPS) is 17.6. The second-order valence-electron chi connectivity index (χ2n) is 7.06. The molecule has 2 aromatic rings. The van der Waals surface area contributed by atoms with Gasteiger partial charge in [0.25, 0.3) is 0 Å². The lowest BCUT2D eigenvalue weighted by Gasteiger charge is -2.28. The first-order chi connectivity index (χ1) is 12.0. The Morgan fingerprint density at radius 3 is 2.48 bits per heavy atom. The van der Waals surface area contributed by atoms with Crippen LogP contribution in [0.5, 0.6) is 0 Å². The predicted molar refractivity (Wildman–Crippen MR) is 102 cm³/mol. The highest BCUT2D eigenvalue weighted by molar-refractivity contribution is 5.93. The average molecular weight is 338 g/mol. The first-order valence-corrected chi connectivity index (χ1v) is 8.84. The van der Waals surface area contributed by atoms with Crippen LogP contribution in [-0.2, 0) is 0 Å². The van der Waals surface area contributed by atoms with Gasteiger partial charge in [-0.15, -0.1) is 0 Å². The minimum atomic E-state index is -0.892. The third-order valence-electron chi connectivity index (χ3n) is 5.02. The van der Waals surface area contributed by atoms with E-state index in [0.717, 1.165) is 36.2 Å². The highest BCUT2D eigenvalue weighted by Gasteiger charge is 2.27. The Bertz CT molecular complexity index is 752. The summed E-state index contributed by atoms with van der Waals surface area (Å²) in [4.78, 5) is 15.8. The average Bonchev–Trinajstić information content (AvgIpc) is 2.96. The van der Waals surface area contributed by atoms with Gasteiger partial charge in [0.05, 0.1) is 5.69 Å². The smallest absolute Gasteiger partial charge is 0.411 e. The number of para-hydroxylation sites is 1. The van der Waals surface area contributed by atoms with E-state index in [2.05, 4.69) is 44.0 Å². The number of carboxylic acid groups (broad SMARTS) is 1. The summed E-state index contributed by atoms with van der Waals surface area (Å²) in [6.45, 7) is 5.69. The molecule has 3 rings (SSSR count). The van der Waals surface area contributed by atoms with Crippen LogP contribution in [0.1, 0.15) is 24.0 Å². The van der Waals surface area contributed by atoms with Gasteiger partial charge >= 0.3 is 6.09 Å². The first kappa shape index (κ1) is 17.5. The van der Waals surface area contributed by atoms with E-state index in [4.69, 9.17) is 0 Å². The van der Waals surface area contributed by atoms with Gasteiger partial charge in [0.2, 0.25) is 0 Å². The Morgan fingerprint density at radius 1 is 1.20 bits per heavy atom. The molecule has 1 atom stereocenters. The van der Waals surface area contributed by atoms with E-state index >= 15 is 0 Å². The molecule has 1 aliphatic heterocycles. The second-order valence-corrected chi connectivity index (χ2v) is 7.06. The number of rotatable bonds is 4. The van der Waals surface area contributed by atoms with Gasteiger partial charge in [-0.2, -0.15) is 0 Å². The zero-order valence-electron chi connectivity index (χ0n) is 15.2. The number of likely N-dealkylation sites (N-methyl/N-ethyl adjacent to an activating group) is 1. The molecule has 1 heterocycles. The number of benzene rings is 2. The SMILES string of the molecule is Cc1cc(C)cc(-c2ccccc2N(CC2CCCN2C)C(=O)O)c1. The molecular formula is C21H26N2O2. The van der Waals surface area contributed by atoms with E-state index in [-0.39, 0.29) is 6.04 Å². The number of hydrogen-bond acceptors (Lipinski definition) is 2. The van der Waals surface area contributed by atoms with Gasteiger partial charge in [-0.05, 0) is 51.9 Å². The molecule has 0 spiro atoms. The van der Waals surface area contributed by atoms with Crippen molar-refractivity contribution in [2.75, 3.05) is 25.0 Å². The Hall–Kier alpha value is -2.33. The molecular weight excluding hydrogens is 312 g/mol. The Kier molecular flexibility index (Phi) is 5.09. The topological polar surface area (TPSA) is 43.8 Å². The van der Waals surface area contributed by atoms with Crippen LogP contribution in [0.4, 0.5) is 10.5 Å². The second kappa shape index (κ2) is 7.28. The zero-order valence-corrected chi connectivity index (χ0v) is 15.2. The summed E-state index contributed by atoms with van der Waals surface area (Å²) in [5.41, 5.74) is 5.17. The lowest BCUT2D eigenvalue weighted by atomic mass is 9.98. The monoisotopic (exact) mass is 338 g/mol. The summed E-state index contributed by atoms with van der Waals surface area (Å²) < 4.78 is 0. The fourth-order valence-corrected chi connectivity index (χ4v) is 3.78. The molecule has 0 bridgehead atoms. The van der Waals surface area contributed by atoms with Crippen molar-refractivity contribution in [2.24, 2.45) is 0 Å². The van der Waals surface area contributed by atoms with Crippen LogP contribution in [0.25, 0.3) is 11.1 Å². The highest BCUT2D eigenvalue weighted by atomic mass is 16.4. The minimum Gasteiger partial charge on any atom is -0.465 e. The largest absolute Gasteiger partial charge is 0.465 e. The summed E-state index contributed by atoms with van der Waals surface area (Å²) in [5.74, 6) is 0. The Morgan fingerprint density at radius 2 is 1.88 bits per heavy atom. The third kappa shape index (κ3) is 3.85. The fourth-order valence-electron chi connectivity index (χ4n) is 3.78. The molecule has 4 nitrogen and oxygen atoms in total. The zero-order chi connectivity index (χ0) is 18.0. The number of carbonyl (C=O) groups is 1. The predicted octanol–water partition coefficient (Wildman–Crippen LogP) is 4.55. The maximum atomic E-state index is 12.0. The number of anilines is 1. The van der Waals surface area contributed by atoms with Gasteiger partial charge in [0.1, 0.15) is 0 Å². The summed E-state index contributed by atoms with van der Waals surface area (Å²) in [6.07, 6.45) is 1.29. The summed E-state index contributed by atoms with van der Waals surface area (Å²) in [7, 11) is 2.08. The van der Waals surface area contributed by atoms with E-state index in [9.17, 15) is 9.90 Å². The molecule has 1 aliphatic rings. The molecule has 1 saturated heterocycles.